The van der Waals surface area contributed by atoms with Gasteiger partial charge in [-0.05, 0) is 51.4 Å². The lowest BCUT2D eigenvalue weighted by Gasteiger charge is -2.33. The van der Waals surface area contributed by atoms with Gasteiger partial charge in [-0.15, -0.1) is 0 Å². The van der Waals surface area contributed by atoms with Crippen LogP contribution in [0.4, 0.5) is 0 Å². The minimum Gasteiger partial charge on any atom is -0.462 e. The summed E-state index contributed by atoms with van der Waals surface area (Å²) in [5, 5.41) is 0. The summed E-state index contributed by atoms with van der Waals surface area (Å²) in [6, 6.07) is 0.0441. The number of ether oxygens (including phenoxy) is 1. The van der Waals surface area contributed by atoms with E-state index in [-0.39, 0.29) is 18.1 Å². The molecule has 5 heteroatoms. The normalized spacial score (nSPS) is 20.1. The Labute approximate surface area is 158 Å². The van der Waals surface area contributed by atoms with Gasteiger partial charge >= 0.3 is 0 Å². The maximum atomic E-state index is 12.1. The molecule has 0 aromatic heterocycles. The van der Waals surface area contributed by atoms with Gasteiger partial charge in [0.15, 0.2) is 0 Å². The molecule has 0 bridgehead atoms. The molecular formula is C21H36N2O3. The lowest BCUT2D eigenvalue weighted by atomic mass is 9.98. The smallest absolute Gasteiger partial charge is 0.293 e. The van der Waals surface area contributed by atoms with Crippen molar-refractivity contribution in [3.05, 3.63) is 0 Å². The van der Waals surface area contributed by atoms with Gasteiger partial charge in [-0.25, -0.2) is 0 Å². The second kappa shape index (κ2) is 12.1. The summed E-state index contributed by atoms with van der Waals surface area (Å²) >= 11 is 0. The molecule has 1 saturated heterocycles. The second-order valence-electron chi connectivity index (χ2n) is 7.65. The van der Waals surface area contributed by atoms with E-state index in [2.05, 4.69) is 0 Å². The highest BCUT2D eigenvalue weighted by Crippen LogP contribution is 2.23. The third-order valence-electron chi connectivity index (χ3n) is 5.75. The molecule has 1 heterocycles. The van der Waals surface area contributed by atoms with Gasteiger partial charge in [0.2, 0.25) is 5.91 Å². The Morgan fingerprint density at radius 1 is 1.08 bits per heavy atom. The quantitative estimate of drug-likeness (QED) is 0.383. The number of likely N-dealkylation sites (tertiary alicyclic amines) is 1. The lowest BCUT2D eigenvalue weighted by Crippen LogP contribution is -2.45. The summed E-state index contributed by atoms with van der Waals surface area (Å²) in [5.74, 6) is 0.214. The van der Waals surface area contributed by atoms with E-state index in [9.17, 15) is 9.59 Å². The van der Waals surface area contributed by atoms with Gasteiger partial charge in [0, 0.05) is 25.2 Å². The summed E-state index contributed by atoms with van der Waals surface area (Å²) in [6.45, 7) is 4.33. The van der Waals surface area contributed by atoms with Crippen molar-refractivity contribution in [2.75, 3.05) is 13.1 Å². The minimum atomic E-state index is -0.174. The Morgan fingerprint density at radius 3 is 2.50 bits per heavy atom. The topological polar surface area (TPSA) is 59.0 Å². The first-order valence-electron chi connectivity index (χ1n) is 10.7. The maximum Gasteiger partial charge on any atom is 0.293 e. The van der Waals surface area contributed by atoms with E-state index >= 15 is 0 Å². The predicted octanol–water partition coefficient (Wildman–Crippen LogP) is 4.28. The van der Waals surface area contributed by atoms with Crippen LogP contribution in [0, 0.1) is 0 Å². The van der Waals surface area contributed by atoms with Crippen LogP contribution in [0.1, 0.15) is 90.4 Å². The maximum absolute atomic E-state index is 12.1. The van der Waals surface area contributed by atoms with Gasteiger partial charge < -0.3 is 9.64 Å². The van der Waals surface area contributed by atoms with Crippen molar-refractivity contribution >= 4 is 18.1 Å². The summed E-state index contributed by atoms with van der Waals surface area (Å²) in [7, 11) is 0. The molecule has 2 aliphatic rings. The third kappa shape index (κ3) is 6.73. The SMILES string of the molecule is CCC(OC=O)C(CCCCCCN=C1CCCCC1)N1CCCC1=O. The molecule has 2 rings (SSSR count). The van der Waals surface area contributed by atoms with Crippen molar-refractivity contribution in [2.45, 2.75) is 103 Å². The first kappa shape index (κ1) is 20.9. The van der Waals surface area contributed by atoms with Crippen LogP contribution in [0.5, 0.6) is 0 Å². The minimum absolute atomic E-state index is 0.0441. The Kier molecular flexibility index (Phi) is 9.72. The van der Waals surface area contributed by atoms with Crippen LogP contribution >= 0.6 is 0 Å². The molecular weight excluding hydrogens is 328 g/mol. The largest absolute Gasteiger partial charge is 0.462 e. The Bertz CT molecular complexity index is 456. The molecule has 1 saturated carbocycles. The Balaban J connectivity index is 1.69. The highest BCUT2D eigenvalue weighted by atomic mass is 16.5. The van der Waals surface area contributed by atoms with E-state index in [0.29, 0.717) is 12.9 Å². The van der Waals surface area contributed by atoms with E-state index in [1.54, 1.807) is 0 Å². The Morgan fingerprint density at radius 2 is 1.85 bits per heavy atom. The molecule has 5 nitrogen and oxygen atoms in total. The number of amides is 1. The van der Waals surface area contributed by atoms with Crippen molar-refractivity contribution < 1.29 is 14.3 Å². The average molecular weight is 365 g/mol. The van der Waals surface area contributed by atoms with Crippen molar-refractivity contribution in [1.29, 1.82) is 0 Å². The molecule has 2 unspecified atom stereocenters. The first-order chi connectivity index (χ1) is 12.8. The third-order valence-corrected chi connectivity index (χ3v) is 5.75. The zero-order valence-corrected chi connectivity index (χ0v) is 16.5. The van der Waals surface area contributed by atoms with Gasteiger partial charge in [-0.1, -0.05) is 32.6 Å². The number of nitrogens with zero attached hydrogens (tertiary/aromatic N) is 2. The van der Waals surface area contributed by atoms with Crippen LogP contribution in [-0.2, 0) is 14.3 Å². The van der Waals surface area contributed by atoms with Crippen molar-refractivity contribution in [3.8, 4) is 0 Å². The van der Waals surface area contributed by atoms with Gasteiger partial charge in [0.25, 0.3) is 6.47 Å². The number of hydrogen-bond donors (Lipinski definition) is 0. The fourth-order valence-electron chi connectivity index (χ4n) is 4.27. The summed E-state index contributed by atoms with van der Waals surface area (Å²) < 4.78 is 5.28. The molecule has 2 atom stereocenters. The number of unbranched alkanes of at least 4 members (excludes halogenated alkanes) is 3. The van der Waals surface area contributed by atoms with Crippen LogP contribution in [-0.4, -0.2) is 48.2 Å². The highest BCUT2D eigenvalue weighted by Gasteiger charge is 2.33. The number of aliphatic imine (C=N–C) groups is 1. The van der Waals surface area contributed by atoms with Crippen LogP contribution in [0.15, 0.2) is 4.99 Å². The van der Waals surface area contributed by atoms with Gasteiger partial charge in [0.05, 0.1) is 6.04 Å². The van der Waals surface area contributed by atoms with Crippen molar-refractivity contribution in [2.24, 2.45) is 4.99 Å². The van der Waals surface area contributed by atoms with E-state index in [4.69, 9.17) is 9.73 Å². The summed E-state index contributed by atoms with van der Waals surface area (Å²) in [4.78, 5) is 29.7. The zero-order valence-electron chi connectivity index (χ0n) is 16.5. The van der Waals surface area contributed by atoms with Gasteiger partial charge in [0.1, 0.15) is 6.10 Å². The fourth-order valence-corrected chi connectivity index (χ4v) is 4.27. The lowest BCUT2D eigenvalue weighted by molar-refractivity contribution is -0.143. The molecule has 0 aromatic rings. The monoisotopic (exact) mass is 364 g/mol. The molecule has 1 aliphatic heterocycles. The van der Waals surface area contributed by atoms with Crippen LogP contribution in [0.3, 0.4) is 0 Å². The van der Waals surface area contributed by atoms with Crippen LogP contribution < -0.4 is 0 Å². The van der Waals surface area contributed by atoms with E-state index in [1.807, 2.05) is 11.8 Å². The average Bonchev–Trinajstić information content (AvgIpc) is 3.09. The predicted molar refractivity (Wildman–Crippen MR) is 104 cm³/mol. The first-order valence-corrected chi connectivity index (χ1v) is 10.7. The number of carbonyl (C=O) groups excluding carboxylic acids is 2. The zero-order chi connectivity index (χ0) is 18.6. The van der Waals surface area contributed by atoms with E-state index in [0.717, 1.165) is 51.6 Å². The standard InChI is InChI=1S/C21H36N2O3/c1-2-20(26-17-24)19(23-16-10-14-21(23)25)13-8-3-4-9-15-22-18-11-6-5-7-12-18/h17,19-20H,2-16H2,1H3. The van der Waals surface area contributed by atoms with Crippen LogP contribution in [0.2, 0.25) is 0 Å². The highest BCUT2D eigenvalue weighted by molar-refractivity contribution is 5.85. The molecule has 0 aromatic carbocycles. The number of hydrogen-bond acceptors (Lipinski definition) is 4. The fraction of sp³-hybridized carbons (Fsp3) is 0.857. The molecule has 148 valence electrons. The van der Waals surface area contributed by atoms with Crippen LogP contribution in [0.25, 0.3) is 0 Å². The number of rotatable bonds is 12. The van der Waals surface area contributed by atoms with Gasteiger partial charge in [-0.2, -0.15) is 0 Å². The molecule has 0 spiro atoms. The molecule has 2 fully saturated rings. The van der Waals surface area contributed by atoms with Crippen molar-refractivity contribution in [3.63, 3.8) is 0 Å². The summed E-state index contributed by atoms with van der Waals surface area (Å²) in [6.07, 6.45) is 14.0. The second-order valence-corrected chi connectivity index (χ2v) is 7.65. The molecule has 1 amide bonds. The number of carbonyl (C=O) groups is 2. The molecule has 0 N–H and O–H groups in total. The Hall–Kier alpha value is -1.39. The molecule has 0 radical (unpaired) electrons. The van der Waals surface area contributed by atoms with Crippen molar-refractivity contribution in [1.82, 2.24) is 4.90 Å². The van der Waals surface area contributed by atoms with Gasteiger partial charge in [-0.3, -0.25) is 14.6 Å². The van der Waals surface area contributed by atoms with E-state index in [1.165, 1.54) is 44.2 Å². The molecule has 26 heavy (non-hydrogen) atoms. The summed E-state index contributed by atoms with van der Waals surface area (Å²) in [5.41, 5.74) is 1.43. The molecule has 1 aliphatic carbocycles. The van der Waals surface area contributed by atoms with E-state index < -0.39 is 0 Å².